The summed E-state index contributed by atoms with van der Waals surface area (Å²) in [6, 6.07) is 8.21. The molecule has 0 unspecified atom stereocenters. The monoisotopic (exact) mass is 505 g/mol. The fourth-order valence-corrected chi connectivity index (χ4v) is 3.86. The third-order valence-corrected chi connectivity index (χ3v) is 5.89. The highest BCUT2D eigenvalue weighted by Crippen LogP contribution is 2.27. The van der Waals surface area contributed by atoms with E-state index in [1.165, 1.54) is 6.20 Å². The van der Waals surface area contributed by atoms with E-state index in [9.17, 15) is 9.59 Å². The zero-order valence-corrected chi connectivity index (χ0v) is 20.4. The molecular weight excluding hydrogens is 477 g/mol. The Morgan fingerprint density at radius 3 is 2.65 bits per heavy atom. The average molecular weight is 505 g/mol. The lowest BCUT2D eigenvalue weighted by Crippen LogP contribution is -2.36. The van der Waals surface area contributed by atoms with Crippen molar-refractivity contribution in [2.24, 2.45) is 0 Å². The van der Waals surface area contributed by atoms with Gasteiger partial charge in [-0.1, -0.05) is 0 Å². The maximum atomic E-state index is 13.1. The van der Waals surface area contributed by atoms with Crippen molar-refractivity contribution in [1.29, 1.82) is 0 Å². The van der Waals surface area contributed by atoms with Gasteiger partial charge < -0.3 is 35.8 Å². The minimum Gasteiger partial charge on any atom is -0.494 e. The second kappa shape index (κ2) is 12.1. The summed E-state index contributed by atoms with van der Waals surface area (Å²) in [5.41, 5.74) is 8.56. The van der Waals surface area contributed by atoms with Crippen LogP contribution in [0.5, 0.6) is 5.75 Å². The standard InChI is InChI=1S/C24H28BN7O5/c25-31-17(24(34)35)6-10-37-16-3-1-15(2-4-16)18-14-28-22(26)21(29-18)23(33)30-19-13-27-7-5-20(19)32-8-11-36-12-9-32/h1-5,7,13-14,17,31H,6,8-12,25H2,(H2,26,28)(H,30,33)(H,34,35)/t17-/m0/s1. The number of aromatic nitrogens is 3. The van der Waals surface area contributed by atoms with Crippen LogP contribution in [0.25, 0.3) is 11.3 Å². The van der Waals surface area contributed by atoms with Crippen LogP contribution in [-0.4, -0.2) is 78.9 Å². The van der Waals surface area contributed by atoms with Crippen LogP contribution < -0.4 is 25.9 Å². The molecule has 37 heavy (non-hydrogen) atoms. The van der Waals surface area contributed by atoms with E-state index in [4.69, 9.17) is 20.3 Å². The molecule has 1 fully saturated rings. The van der Waals surface area contributed by atoms with E-state index in [0.29, 0.717) is 55.4 Å². The Kier molecular flexibility index (Phi) is 8.49. The number of carboxylic acids is 1. The molecule has 0 aliphatic carbocycles. The number of amides is 1. The van der Waals surface area contributed by atoms with Crippen molar-refractivity contribution in [1.82, 2.24) is 20.2 Å². The Labute approximate surface area is 214 Å². The maximum absolute atomic E-state index is 13.1. The third kappa shape index (κ3) is 6.51. The Morgan fingerprint density at radius 2 is 1.95 bits per heavy atom. The van der Waals surface area contributed by atoms with Gasteiger partial charge in [-0.05, 0) is 30.3 Å². The summed E-state index contributed by atoms with van der Waals surface area (Å²) >= 11 is 0. The Hall–Kier alpha value is -4.23. The molecule has 12 nitrogen and oxygen atoms in total. The van der Waals surface area contributed by atoms with Gasteiger partial charge in [0.15, 0.2) is 19.5 Å². The molecule has 192 valence electrons. The number of nitrogens with two attached hydrogens (primary N) is 1. The normalized spacial score (nSPS) is 14.1. The number of anilines is 3. The summed E-state index contributed by atoms with van der Waals surface area (Å²) in [5.74, 6) is -0.830. The molecule has 0 spiro atoms. The summed E-state index contributed by atoms with van der Waals surface area (Å²) in [7, 11) is 1.59. The highest BCUT2D eigenvalue weighted by Gasteiger charge is 2.20. The minimum atomic E-state index is -0.927. The fraction of sp³-hybridized carbons (Fsp3) is 0.292. The van der Waals surface area contributed by atoms with Gasteiger partial charge in [0.2, 0.25) is 0 Å². The lowest BCUT2D eigenvalue weighted by Gasteiger charge is -2.30. The summed E-state index contributed by atoms with van der Waals surface area (Å²) in [4.78, 5) is 39.1. The molecule has 2 aromatic heterocycles. The van der Waals surface area contributed by atoms with E-state index >= 15 is 0 Å². The van der Waals surface area contributed by atoms with Crippen LogP contribution in [0.1, 0.15) is 16.9 Å². The fourth-order valence-electron chi connectivity index (χ4n) is 3.86. The lowest BCUT2D eigenvalue weighted by atomic mass is 10.1. The summed E-state index contributed by atoms with van der Waals surface area (Å²) in [6.07, 6.45) is 5.08. The maximum Gasteiger partial charge on any atom is 0.319 e. The van der Waals surface area contributed by atoms with Crippen LogP contribution in [0.3, 0.4) is 0 Å². The first-order valence-corrected chi connectivity index (χ1v) is 11.8. The van der Waals surface area contributed by atoms with Crippen molar-refractivity contribution in [3.05, 3.63) is 54.6 Å². The van der Waals surface area contributed by atoms with Crippen LogP contribution in [0.2, 0.25) is 0 Å². The largest absolute Gasteiger partial charge is 0.494 e. The van der Waals surface area contributed by atoms with Crippen molar-refractivity contribution < 1.29 is 24.2 Å². The highest BCUT2D eigenvalue weighted by molar-refractivity contribution is 6.07. The molecule has 1 saturated heterocycles. The van der Waals surface area contributed by atoms with Crippen molar-refractivity contribution in [3.63, 3.8) is 0 Å². The third-order valence-electron chi connectivity index (χ3n) is 5.89. The van der Waals surface area contributed by atoms with Crippen molar-refractivity contribution in [3.8, 4) is 17.0 Å². The number of nitrogens with zero attached hydrogens (tertiary/aromatic N) is 4. The molecule has 5 N–H and O–H groups in total. The number of rotatable bonds is 10. The van der Waals surface area contributed by atoms with E-state index in [0.717, 1.165) is 5.69 Å². The second-order valence-corrected chi connectivity index (χ2v) is 8.28. The van der Waals surface area contributed by atoms with Crippen molar-refractivity contribution >= 4 is 37.1 Å². The Balaban J connectivity index is 1.45. The van der Waals surface area contributed by atoms with E-state index in [1.54, 1.807) is 44.6 Å². The van der Waals surface area contributed by atoms with Crippen molar-refractivity contribution in [2.45, 2.75) is 12.5 Å². The predicted molar refractivity (Wildman–Crippen MR) is 140 cm³/mol. The van der Waals surface area contributed by atoms with E-state index in [2.05, 4.69) is 30.4 Å². The number of ether oxygens (including phenoxy) is 2. The number of hydrogen-bond donors (Lipinski definition) is 4. The topological polar surface area (TPSA) is 165 Å². The second-order valence-electron chi connectivity index (χ2n) is 8.28. The molecule has 3 heterocycles. The molecule has 4 rings (SSSR count). The number of nitrogen functional groups attached to an aromatic ring is 1. The van der Waals surface area contributed by atoms with Gasteiger partial charge in [0, 0.05) is 31.3 Å². The number of carboxylic acid groups (broad SMARTS) is 1. The molecule has 3 aromatic rings. The zero-order valence-electron chi connectivity index (χ0n) is 20.4. The van der Waals surface area contributed by atoms with Gasteiger partial charge >= 0.3 is 5.97 Å². The Bertz CT molecular complexity index is 1240. The average Bonchev–Trinajstić information content (AvgIpc) is 2.92. The van der Waals surface area contributed by atoms with Crippen LogP contribution in [0.4, 0.5) is 17.2 Å². The molecule has 1 amide bonds. The molecule has 0 saturated carbocycles. The van der Waals surface area contributed by atoms with Gasteiger partial charge in [-0.25, -0.2) is 9.97 Å². The Morgan fingerprint density at radius 1 is 1.19 bits per heavy atom. The van der Waals surface area contributed by atoms with E-state index < -0.39 is 17.9 Å². The van der Waals surface area contributed by atoms with Gasteiger partial charge in [-0.3, -0.25) is 14.6 Å². The first-order valence-electron chi connectivity index (χ1n) is 11.8. The number of pyridine rings is 1. The first kappa shape index (κ1) is 25.9. The summed E-state index contributed by atoms with van der Waals surface area (Å²) in [6.45, 7) is 2.88. The van der Waals surface area contributed by atoms with E-state index in [1.807, 2.05) is 6.07 Å². The molecular formula is C24H28BN7O5. The number of hydrogen-bond acceptors (Lipinski definition) is 10. The quantitative estimate of drug-likeness (QED) is 0.285. The number of morpholine rings is 1. The minimum absolute atomic E-state index is 0.00128. The number of carbonyl (C=O) groups excluding carboxylic acids is 1. The van der Waals surface area contributed by atoms with Gasteiger partial charge in [0.1, 0.15) is 5.75 Å². The number of aliphatic carboxylic acids is 1. The van der Waals surface area contributed by atoms with E-state index in [-0.39, 0.29) is 18.1 Å². The van der Waals surface area contributed by atoms with Gasteiger partial charge in [0.05, 0.1) is 55.3 Å². The first-order chi connectivity index (χ1) is 18.0. The molecule has 1 aromatic carbocycles. The van der Waals surface area contributed by atoms with Crippen LogP contribution in [0, 0.1) is 0 Å². The molecule has 0 radical (unpaired) electrons. The van der Waals surface area contributed by atoms with Crippen LogP contribution >= 0.6 is 0 Å². The molecule has 1 atom stereocenters. The predicted octanol–water partition coefficient (Wildman–Crippen LogP) is 0.570. The molecule has 1 aliphatic heterocycles. The number of nitrogens with one attached hydrogen (secondary N) is 2. The zero-order chi connectivity index (χ0) is 26.2. The van der Waals surface area contributed by atoms with Crippen molar-refractivity contribution in [2.75, 3.05) is 48.9 Å². The molecule has 0 bridgehead atoms. The van der Waals surface area contributed by atoms with Gasteiger partial charge in [-0.15, -0.1) is 0 Å². The lowest BCUT2D eigenvalue weighted by molar-refractivity contribution is -0.139. The van der Waals surface area contributed by atoms with Crippen LogP contribution in [-0.2, 0) is 9.53 Å². The van der Waals surface area contributed by atoms with Gasteiger partial charge in [-0.2, -0.15) is 0 Å². The smallest absolute Gasteiger partial charge is 0.319 e. The molecule has 13 heteroatoms. The number of carbonyl (C=O) groups is 2. The molecule has 1 aliphatic rings. The SMILES string of the molecule is BN[C@@H](CCOc1ccc(-c2cnc(N)c(C(=O)Nc3cnccc3N3CCOCC3)n2)cc1)C(=O)O. The summed E-state index contributed by atoms with van der Waals surface area (Å²) < 4.78 is 11.1. The summed E-state index contributed by atoms with van der Waals surface area (Å²) in [5, 5.41) is 14.7. The highest BCUT2D eigenvalue weighted by atomic mass is 16.5. The van der Waals surface area contributed by atoms with Gasteiger partial charge in [0.25, 0.3) is 5.91 Å². The van der Waals surface area contributed by atoms with Crippen LogP contribution in [0.15, 0.2) is 48.9 Å². The number of benzene rings is 1.